The van der Waals surface area contributed by atoms with E-state index in [0.29, 0.717) is 18.5 Å². The average Bonchev–Trinajstić information content (AvgIpc) is 3.24. The molecule has 0 spiro atoms. The number of methoxy groups -OCH3 is 1. The number of nitrogens with one attached hydrogen (secondary N) is 2. The Morgan fingerprint density at radius 1 is 1.54 bits per heavy atom. The molecule has 0 aliphatic carbocycles. The van der Waals surface area contributed by atoms with E-state index in [1.54, 1.807) is 4.90 Å². The summed E-state index contributed by atoms with van der Waals surface area (Å²) >= 11 is 0. The summed E-state index contributed by atoms with van der Waals surface area (Å²) in [6.07, 6.45) is 1.18. The molecule has 24 heavy (non-hydrogen) atoms. The normalized spacial score (nSPS) is 23.5. The number of aromatic nitrogens is 1. The van der Waals surface area contributed by atoms with Gasteiger partial charge in [0.05, 0.1) is 19.7 Å². The third-order valence-corrected chi connectivity index (χ3v) is 4.45. The molecule has 0 aromatic carbocycles. The lowest BCUT2D eigenvalue weighted by atomic mass is 10.2. The van der Waals surface area contributed by atoms with Crippen LogP contribution in [0, 0.1) is 5.82 Å². The second-order valence-electron chi connectivity index (χ2n) is 6.16. The summed E-state index contributed by atoms with van der Waals surface area (Å²) in [5, 5.41) is 5.88. The summed E-state index contributed by atoms with van der Waals surface area (Å²) in [5.41, 5.74) is 0.459. The maximum absolute atomic E-state index is 14.4. The summed E-state index contributed by atoms with van der Waals surface area (Å²) in [7, 11) is 1.44. The van der Waals surface area contributed by atoms with Gasteiger partial charge in [0.15, 0.2) is 11.6 Å². The van der Waals surface area contributed by atoms with Crippen LogP contribution in [0.4, 0.5) is 14.6 Å². The Balaban J connectivity index is 1.71. The molecule has 3 heterocycles. The summed E-state index contributed by atoms with van der Waals surface area (Å²) in [6, 6.07) is 1.11. The SMILES string of the molecule is COc1nc(N2CCC(F)C2)c(F)cc1CNC(=O)C1CCCN1. The van der Waals surface area contributed by atoms with Crippen LogP contribution in [0.15, 0.2) is 6.07 Å². The molecule has 2 unspecified atom stereocenters. The van der Waals surface area contributed by atoms with Gasteiger partial charge < -0.3 is 20.3 Å². The van der Waals surface area contributed by atoms with Gasteiger partial charge in [-0.1, -0.05) is 0 Å². The number of carbonyl (C=O) groups excluding carboxylic acids is 1. The van der Waals surface area contributed by atoms with E-state index in [1.807, 2.05) is 0 Å². The largest absolute Gasteiger partial charge is 0.481 e. The van der Waals surface area contributed by atoms with Crippen molar-refractivity contribution in [1.29, 1.82) is 0 Å². The number of amides is 1. The summed E-state index contributed by atoms with van der Waals surface area (Å²) in [5.74, 6) is -0.306. The van der Waals surface area contributed by atoms with Gasteiger partial charge in [-0.3, -0.25) is 4.79 Å². The van der Waals surface area contributed by atoms with Crippen molar-refractivity contribution >= 4 is 11.7 Å². The van der Waals surface area contributed by atoms with E-state index in [9.17, 15) is 13.6 Å². The van der Waals surface area contributed by atoms with E-state index in [0.717, 1.165) is 19.4 Å². The highest BCUT2D eigenvalue weighted by molar-refractivity contribution is 5.82. The van der Waals surface area contributed by atoms with Crippen molar-refractivity contribution in [3.63, 3.8) is 0 Å². The smallest absolute Gasteiger partial charge is 0.237 e. The Hall–Kier alpha value is -1.96. The predicted octanol–water partition coefficient (Wildman–Crippen LogP) is 1.15. The van der Waals surface area contributed by atoms with Crippen molar-refractivity contribution in [2.24, 2.45) is 0 Å². The molecule has 2 N–H and O–H groups in total. The third kappa shape index (κ3) is 3.58. The maximum atomic E-state index is 14.4. The first-order valence-corrected chi connectivity index (χ1v) is 8.22. The molecule has 0 saturated carbocycles. The molecule has 2 aliphatic heterocycles. The van der Waals surface area contributed by atoms with Crippen molar-refractivity contribution in [2.45, 2.75) is 38.0 Å². The number of pyridine rings is 1. The standard InChI is InChI=1S/C16H22F2N4O2/c1-24-16-10(8-20-15(23)13-3-2-5-19-13)7-12(18)14(21-16)22-6-4-11(17)9-22/h7,11,13,19H,2-6,8-9H2,1H3,(H,20,23). The van der Waals surface area contributed by atoms with Crippen LogP contribution in [0.2, 0.25) is 0 Å². The zero-order valence-electron chi connectivity index (χ0n) is 13.6. The third-order valence-electron chi connectivity index (χ3n) is 4.45. The highest BCUT2D eigenvalue weighted by Gasteiger charge is 2.27. The highest BCUT2D eigenvalue weighted by atomic mass is 19.1. The quantitative estimate of drug-likeness (QED) is 0.842. The van der Waals surface area contributed by atoms with E-state index in [4.69, 9.17) is 4.74 Å². The molecule has 132 valence electrons. The van der Waals surface area contributed by atoms with Crippen LogP contribution in [-0.2, 0) is 11.3 Å². The molecule has 8 heteroatoms. The molecule has 2 aliphatic rings. The molecule has 3 rings (SSSR count). The molecule has 2 fully saturated rings. The molecule has 1 amide bonds. The second-order valence-corrected chi connectivity index (χ2v) is 6.16. The minimum atomic E-state index is -0.963. The van der Waals surface area contributed by atoms with Gasteiger partial charge in [-0.25, -0.2) is 8.78 Å². The van der Waals surface area contributed by atoms with Crippen LogP contribution in [-0.4, -0.2) is 49.8 Å². The van der Waals surface area contributed by atoms with Gasteiger partial charge in [-0.2, -0.15) is 4.98 Å². The summed E-state index contributed by atoms with van der Waals surface area (Å²) in [4.78, 5) is 17.8. The fourth-order valence-corrected chi connectivity index (χ4v) is 3.15. The first kappa shape index (κ1) is 16.9. The second kappa shape index (κ2) is 7.29. The maximum Gasteiger partial charge on any atom is 0.237 e. The number of halogens is 2. The van der Waals surface area contributed by atoms with Gasteiger partial charge in [0.1, 0.15) is 6.17 Å². The average molecular weight is 340 g/mol. The number of nitrogens with zero attached hydrogens (tertiary/aromatic N) is 2. The van der Waals surface area contributed by atoms with Gasteiger partial charge in [-0.05, 0) is 31.9 Å². The minimum Gasteiger partial charge on any atom is -0.481 e. The Labute approximate surface area is 139 Å². The number of rotatable bonds is 5. The monoisotopic (exact) mass is 340 g/mol. The molecule has 6 nitrogen and oxygen atoms in total. The number of carbonyl (C=O) groups is 1. The van der Waals surface area contributed by atoms with Crippen LogP contribution < -0.4 is 20.3 Å². The Kier molecular flexibility index (Phi) is 5.13. The van der Waals surface area contributed by atoms with Crippen LogP contribution in [0.1, 0.15) is 24.8 Å². The fraction of sp³-hybridized carbons (Fsp3) is 0.625. The van der Waals surface area contributed by atoms with Crippen LogP contribution in [0.5, 0.6) is 5.88 Å². The number of ether oxygens (including phenoxy) is 1. The van der Waals surface area contributed by atoms with Crippen molar-refractivity contribution in [3.8, 4) is 5.88 Å². The Morgan fingerprint density at radius 3 is 3.00 bits per heavy atom. The van der Waals surface area contributed by atoms with Crippen molar-refractivity contribution in [2.75, 3.05) is 31.6 Å². The van der Waals surface area contributed by atoms with Gasteiger partial charge in [-0.15, -0.1) is 0 Å². The topological polar surface area (TPSA) is 66.5 Å². The van der Waals surface area contributed by atoms with Crippen molar-refractivity contribution < 1.29 is 18.3 Å². The van der Waals surface area contributed by atoms with E-state index in [2.05, 4.69) is 15.6 Å². The predicted molar refractivity (Wildman–Crippen MR) is 85.3 cm³/mol. The first-order valence-electron chi connectivity index (χ1n) is 8.22. The Morgan fingerprint density at radius 2 is 2.38 bits per heavy atom. The van der Waals surface area contributed by atoms with E-state index >= 15 is 0 Å². The lowest BCUT2D eigenvalue weighted by Gasteiger charge is -2.19. The summed E-state index contributed by atoms with van der Waals surface area (Å²) < 4.78 is 32.9. The van der Waals surface area contributed by atoms with Crippen LogP contribution in [0.3, 0.4) is 0 Å². The molecule has 2 atom stereocenters. The number of alkyl halides is 1. The fourth-order valence-electron chi connectivity index (χ4n) is 3.15. The van der Waals surface area contributed by atoms with E-state index in [1.165, 1.54) is 13.2 Å². The lowest BCUT2D eigenvalue weighted by Crippen LogP contribution is -2.40. The lowest BCUT2D eigenvalue weighted by molar-refractivity contribution is -0.122. The molecule has 1 aromatic heterocycles. The first-order chi connectivity index (χ1) is 11.6. The van der Waals surface area contributed by atoms with E-state index < -0.39 is 12.0 Å². The van der Waals surface area contributed by atoms with Gasteiger partial charge in [0.25, 0.3) is 0 Å². The van der Waals surface area contributed by atoms with Gasteiger partial charge in [0, 0.05) is 18.7 Å². The minimum absolute atomic E-state index is 0.0968. The number of anilines is 1. The van der Waals surface area contributed by atoms with Crippen LogP contribution >= 0.6 is 0 Å². The molecule has 0 radical (unpaired) electrons. The number of hydrogen-bond acceptors (Lipinski definition) is 5. The summed E-state index contributed by atoms with van der Waals surface area (Å²) in [6.45, 7) is 1.53. The van der Waals surface area contributed by atoms with Crippen molar-refractivity contribution in [1.82, 2.24) is 15.6 Å². The van der Waals surface area contributed by atoms with Gasteiger partial charge >= 0.3 is 0 Å². The van der Waals surface area contributed by atoms with Crippen LogP contribution in [0.25, 0.3) is 0 Å². The zero-order chi connectivity index (χ0) is 17.1. The zero-order valence-corrected chi connectivity index (χ0v) is 13.6. The Bertz CT molecular complexity index is 608. The highest BCUT2D eigenvalue weighted by Crippen LogP contribution is 2.28. The molecular weight excluding hydrogens is 318 g/mol. The number of hydrogen-bond donors (Lipinski definition) is 2. The molecule has 1 aromatic rings. The van der Waals surface area contributed by atoms with Crippen molar-refractivity contribution in [3.05, 3.63) is 17.4 Å². The van der Waals surface area contributed by atoms with Gasteiger partial charge in [0.2, 0.25) is 11.8 Å². The molecular formula is C16H22F2N4O2. The molecule has 0 bridgehead atoms. The van der Waals surface area contributed by atoms with E-state index in [-0.39, 0.29) is 36.7 Å². The molecule has 2 saturated heterocycles.